The van der Waals surface area contributed by atoms with Crippen LogP contribution in [-0.2, 0) is 14.3 Å². The van der Waals surface area contributed by atoms with Crippen molar-refractivity contribution in [3.05, 3.63) is 0 Å². The summed E-state index contributed by atoms with van der Waals surface area (Å²) in [5, 5.41) is 5.55. The van der Waals surface area contributed by atoms with Crippen LogP contribution in [0.3, 0.4) is 0 Å². The first-order valence-electron chi connectivity index (χ1n) is 6.19. The van der Waals surface area contributed by atoms with Gasteiger partial charge in [-0.25, -0.2) is 0 Å². The van der Waals surface area contributed by atoms with Crippen LogP contribution in [0, 0.1) is 0 Å². The number of likely N-dealkylation sites (N-methyl/N-ethyl adjacent to an activating group) is 1. The molecule has 0 rings (SSSR count). The van der Waals surface area contributed by atoms with E-state index in [1.807, 2.05) is 13.8 Å². The maximum absolute atomic E-state index is 11.5. The molecule has 0 atom stereocenters. The largest absolute Gasteiger partial charge is 0.385 e. The number of methoxy groups -OCH3 is 1. The molecule has 6 heteroatoms. The lowest BCUT2D eigenvalue weighted by Gasteiger charge is -2.17. The van der Waals surface area contributed by atoms with Gasteiger partial charge in [-0.15, -0.1) is 0 Å². The topological polar surface area (TPSA) is 70.7 Å². The molecule has 106 valence electrons. The van der Waals surface area contributed by atoms with Gasteiger partial charge in [-0.1, -0.05) is 0 Å². The predicted octanol–water partition coefficient (Wildman–Crippen LogP) is -0.404. The highest BCUT2D eigenvalue weighted by atomic mass is 16.5. The fraction of sp³-hybridized carbons (Fsp3) is 0.833. The standard InChI is InChI=1S/C12H25N3O3/c1-10(2)14-12(17)9-15(3)8-11(16)13-6-5-7-18-4/h10H,5-9H2,1-4H3,(H,13,16)(H,14,17). The number of nitrogens with one attached hydrogen (secondary N) is 2. The molecular formula is C12H25N3O3. The van der Waals surface area contributed by atoms with E-state index in [1.54, 1.807) is 19.1 Å². The van der Waals surface area contributed by atoms with Crippen LogP contribution in [0.2, 0.25) is 0 Å². The van der Waals surface area contributed by atoms with E-state index < -0.39 is 0 Å². The normalized spacial score (nSPS) is 10.8. The molecule has 2 N–H and O–H groups in total. The van der Waals surface area contributed by atoms with Gasteiger partial charge in [0, 0.05) is 26.3 Å². The molecule has 0 unspecified atom stereocenters. The van der Waals surface area contributed by atoms with Gasteiger partial charge in [-0.05, 0) is 27.3 Å². The molecule has 0 aromatic rings. The predicted molar refractivity (Wildman–Crippen MR) is 70.3 cm³/mol. The van der Waals surface area contributed by atoms with Crippen molar-refractivity contribution < 1.29 is 14.3 Å². The molecule has 0 heterocycles. The van der Waals surface area contributed by atoms with Crippen LogP contribution in [0.15, 0.2) is 0 Å². The first-order chi connectivity index (χ1) is 8.45. The summed E-state index contributed by atoms with van der Waals surface area (Å²) < 4.78 is 4.88. The molecule has 0 aromatic heterocycles. The second-order valence-corrected chi connectivity index (χ2v) is 4.59. The fourth-order valence-electron chi connectivity index (χ4n) is 1.41. The van der Waals surface area contributed by atoms with Crippen LogP contribution in [-0.4, -0.2) is 63.2 Å². The zero-order valence-electron chi connectivity index (χ0n) is 11.8. The third kappa shape index (κ3) is 10.0. The van der Waals surface area contributed by atoms with E-state index in [0.717, 1.165) is 6.42 Å². The Morgan fingerprint density at radius 1 is 1.22 bits per heavy atom. The second-order valence-electron chi connectivity index (χ2n) is 4.59. The zero-order chi connectivity index (χ0) is 14.0. The summed E-state index contributed by atoms with van der Waals surface area (Å²) in [6.45, 7) is 5.48. The van der Waals surface area contributed by atoms with Crippen LogP contribution in [0.4, 0.5) is 0 Å². The van der Waals surface area contributed by atoms with Crippen molar-refractivity contribution in [1.82, 2.24) is 15.5 Å². The first kappa shape index (κ1) is 16.9. The molecule has 0 aliphatic carbocycles. The lowest BCUT2D eigenvalue weighted by molar-refractivity contribution is -0.124. The van der Waals surface area contributed by atoms with Gasteiger partial charge >= 0.3 is 0 Å². The number of amides is 2. The second kappa shape index (κ2) is 9.85. The van der Waals surface area contributed by atoms with Crippen LogP contribution >= 0.6 is 0 Å². The number of hydrogen-bond donors (Lipinski definition) is 2. The van der Waals surface area contributed by atoms with Crippen LogP contribution in [0.5, 0.6) is 0 Å². The van der Waals surface area contributed by atoms with Crippen molar-refractivity contribution in [1.29, 1.82) is 0 Å². The molecule has 0 spiro atoms. The third-order valence-corrected chi connectivity index (χ3v) is 2.12. The number of ether oxygens (including phenoxy) is 1. The summed E-state index contributed by atoms with van der Waals surface area (Å²) in [4.78, 5) is 24.6. The first-order valence-corrected chi connectivity index (χ1v) is 6.19. The number of nitrogens with zero attached hydrogens (tertiary/aromatic N) is 1. The minimum atomic E-state index is -0.0778. The Kier molecular flexibility index (Phi) is 9.22. The summed E-state index contributed by atoms with van der Waals surface area (Å²) in [6.07, 6.45) is 0.791. The SMILES string of the molecule is COCCCNC(=O)CN(C)CC(=O)NC(C)C. The Balaban J connectivity index is 3.69. The monoisotopic (exact) mass is 259 g/mol. The average Bonchev–Trinajstić information content (AvgIpc) is 2.22. The van der Waals surface area contributed by atoms with E-state index in [4.69, 9.17) is 4.74 Å². The summed E-state index contributed by atoms with van der Waals surface area (Å²) in [5.41, 5.74) is 0. The molecule has 0 aliphatic heterocycles. The van der Waals surface area contributed by atoms with Gasteiger partial charge in [-0.3, -0.25) is 14.5 Å². The third-order valence-electron chi connectivity index (χ3n) is 2.12. The number of carbonyl (C=O) groups excluding carboxylic acids is 2. The maximum Gasteiger partial charge on any atom is 0.234 e. The van der Waals surface area contributed by atoms with Gasteiger partial charge in [0.15, 0.2) is 0 Å². The molecule has 18 heavy (non-hydrogen) atoms. The van der Waals surface area contributed by atoms with E-state index in [9.17, 15) is 9.59 Å². The summed E-state index contributed by atoms with van der Waals surface area (Å²) in [6, 6.07) is 0.119. The summed E-state index contributed by atoms with van der Waals surface area (Å²) in [7, 11) is 3.37. The molecule has 0 aliphatic rings. The van der Waals surface area contributed by atoms with E-state index in [-0.39, 0.29) is 30.9 Å². The lowest BCUT2D eigenvalue weighted by atomic mass is 10.3. The molecular weight excluding hydrogens is 234 g/mol. The molecule has 0 bridgehead atoms. The number of carbonyl (C=O) groups is 2. The number of rotatable bonds is 9. The highest BCUT2D eigenvalue weighted by Gasteiger charge is 2.10. The Morgan fingerprint density at radius 3 is 2.39 bits per heavy atom. The molecule has 2 amide bonds. The molecule has 0 aromatic carbocycles. The summed E-state index contributed by atoms with van der Waals surface area (Å²) >= 11 is 0. The van der Waals surface area contributed by atoms with Crippen molar-refractivity contribution in [2.24, 2.45) is 0 Å². The lowest BCUT2D eigenvalue weighted by Crippen LogP contribution is -2.42. The zero-order valence-corrected chi connectivity index (χ0v) is 11.8. The Morgan fingerprint density at radius 2 is 1.83 bits per heavy atom. The van der Waals surface area contributed by atoms with Crippen molar-refractivity contribution in [3.63, 3.8) is 0 Å². The van der Waals surface area contributed by atoms with E-state index in [2.05, 4.69) is 10.6 Å². The molecule has 0 saturated carbocycles. The summed E-state index contributed by atoms with van der Waals surface area (Å²) in [5.74, 6) is -0.148. The Hall–Kier alpha value is -1.14. The van der Waals surface area contributed by atoms with Crippen molar-refractivity contribution >= 4 is 11.8 Å². The van der Waals surface area contributed by atoms with Crippen LogP contribution in [0.25, 0.3) is 0 Å². The van der Waals surface area contributed by atoms with Crippen LogP contribution in [0.1, 0.15) is 20.3 Å². The van der Waals surface area contributed by atoms with Crippen molar-refractivity contribution in [3.8, 4) is 0 Å². The molecule has 0 fully saturated rings. The van der Waals surface area contributed by atoms with Gasteiger partial charge in [-0.2, -0.15) is 0 Å². The highest BCUT2D eigenvalue weighted by Crippen LogP contribution is 1.85. The highest BCUT2D eigenvalue weighted by molar-refractivity contribution is 5.81. The van der Waals surface area contributed by atoms with E-state index in [0.29, 0.717) is 13.2 Å². The van der Waals surface area contributed by atoms with Gasteiger partial charge in [0.2, 0.25) is 11.8 Å². The minimum Gasteiger partial charge on any atom is -0.385 e. The van der Waals surface area contributed by atoms with Crippen molar-refractivity contribution in [2.75, 3.05) is 40.4 Å². The van der Waals surface area contributed by atoms with Gasteiger partial charge in [0.1, 0.15) is 0 Å². The Labute approximate surface area is 109 Å². The quantitative estimate of drug-likeness (QED) is 0.553. The number of hydrogen-bond acceptors (Lipinski definition) is 4. The van der Waals surface area contributed by atoms with Gasteiger partial charge in [0.05, 0.1) is 13.1 Å². The minimum absolute atomic E-state index is 0.0697. The Bertz CT molecular complexity index is 257. The van der Waals surface area contributed by atoms with E-state index in [1.165, 1.54) is 0 Å². The molecule has 6 nitrogen and oxygen atoms in total. The molecule has 0 saturated heterocycles. The van der Waals surface area contributed by atoms with Gasteiger partial charge in [0.25, 0.3) is 0 Å². The van der Waals surface area contributed by atoms with E-state index >= 15 is 0 Å². The average molecular weight is 259 g/mol. The van der Waals surface area contributed by atoms with Crippen molar-refractivity contribution in [2.45, 2.75) is 26.3 Å². The van der Waals surface area contributed by atoms with Gasteiger partial charge < -0.3 is 15.4 Å². The van der Waals surface area contributed by atoms with Crippen LogP contribution < -0.4 is 10.6 Å². The smallest absolute Gasteiger partial charge is 0.234 e. The molecule has 0 radical (unpaired) electrons. The fourth-order valence-corrected chi connectivity index (χ4v) is 1.41. The maximum atomic E-state index is 11.5.